The molecule has 0 spiro atoms. The van der Waals surface area contributed by atoms with Gasteiger partial charge in [0.15, 0.2) is 17.7 Å². The van der Waals surface area contributed by atoms with E-state index in [1.807, 2.05) is 30.3 Å². The summed E-state index contributed by atoms with van der Waals surface area (Å²) in [5, 5.41) is 4.75. The lowest BCUT2D eigenvalue weighted by atomic mass is 10.2. The molecule has 0 bridgehead atoms. The average molecular weight is 402 g/mol. The number of rotatable bonds is 7. The molecule has 0 fully saturated rings. The van der Waals surface area contributed by atoms with Gasteiger partial charge < -0.3 is 15.4 Å². The number of anilines is 1. The third-order valence-corrected chi connectivity index (χ3v) is 3.79. The van der Waals surface area contributed by atoms with Gasteiger partial charge in [0.05, 0.1) is 0 Å². The zero-order chi connectivity index (χ0) is 21.4. The lowest BCUT2D eigenvalue weighted by Gasteiger charge is -2.17. The van der Waals surface area contributed by atoms with Crippen molar-refractivity contribution < 1.29 is 27.9 Å². The molecule has 29 heavy (non-hydrogen) atoms. The molecular formula is C21H20F2N2O4. The number of halogens is 2. The molecule has 2 rings (SSSR count). The van der Waals surface area contributed by atoms with Crippen molar-refractivity contribution in [1.82, 2.24) is 5.32 Å². The number of nitrogens with one attached hydrogen (secondary N) is 2. The molecule has 0 saturated heterocycles. The van der Waals surface area contributed by atoms with E-state index in [0.717, 1.165) is 17.7 Å². The van der Waals surface area contributed by atoms with Crippen LogP contribution in [0.1, 0.15) is 19.4 Å². The normalized spacial score (nSPS) is 12.8. The molecule has 2 aromatic rings. The largest absolute Gasteiger partial charge is 0.451 e. The molecule has 0 heterocycles. The fourth-order valence-electron chi connectivity index (χ4n) is 2.20. The Morgan fingerprint density at radius 2 is 1.69 bits per heavy atom. The Labute approximate surface area is 166 Å². The smallest absolute Gasteiger partial charge is 0.329 e. The van der Waals surface area contributed by atoms with Gasteiger partial charge in [-0.15, -0.1) is 0 Å². The van der Waals surface area contributed by atoms with Gasteiger partial charge in [-0.25, -0.2) is 13.6 Å². The first-order chi connectivity index (χ1) is 13.8. The molecule has 0 aliphatic rings. The lowest BCUT2D eigenvalue weighted by molar-refractivity contribution is -0.155. The van der Waals surface area contributed by atoms with Crippen molar-refractivity contribution >= 4 is 29.5 Å². The maximum absolute atomic E-state index is 13.2. The number of amides is 2. The third-order valence-electron chi connectivity index (χ3n) is 3.79. The summed E-state index contributed by atoms with van der Waals surface area (Å²) in [5.41, 5.74) is 0.838. The molecule has 0 aliphatic carbocycles. The minimum absolute atomic E-state index is 0.0178. The second kappa shape index (κ2) is 10.1. The van der Waals surface area contributed by atoms with Crippen LogP contribution >= 0.6 is 0 Å². The minimum Gasteiger partial charge on any atom is -0.451 e. The molecule has 2 amide bonds. The van der Waals surface area contributed by atoms with Crippen LogP contribution in [0.3, 0.4) is 0 Å². The first-order valence-electron chi connectivity index (χ1n) is 8.76. The van der Waals surface area contributed by atoms with Crippen LogP contribution in [0.5, 0.6) is 0 Å². The van der Waals surface area contributed by atoms with Crippen molar-refractivity contribution in [3.05, 3.63) is 71.8 Å². The van der Waals surface area contributed by atoms with Gasteiger partial charge in [0.2, 0.25) is 5.91 Å². The van der Waals surface area contributed by atoms with Gasteiger partial charge in [-0.3, -0.25) is 9.59 Å². The van der Waals surface area contributed by atoms with Crippen molar-refractivity contribution in [2.45, 2.75) is 26.0 Å². The topological polar surface area (TPSA) is 84.5 Å². The summed E-state index contributed by atoms with van der Waals surface area (Å²) < 4.78 is 31.1. The van der Waals surface area contributed by atoms with E-state index in [4.69, 9.17) is 4.74 Å². The quantitative estimate of drug-likeness (QED) is 0.551. The minimum atomic E-state index is -1.21. The number of esters is 1. The number of hydrogen-bond acceptors (Lipinski definition) is 4. The highest BCUT2D eigenvalue weighted by Gasteiger charge is 2.23. The van der Waals surface area contributed by atoms with E-state index in [0.29, 0.717) is 0 Å². The predicted octanol–water partition coefficient (Wildman–Crippen LogP) is 3.05. The van der Waals surface area contributed by atoms with Crippen LogP contribution in [0.2, 0.25) is 0 Å². The Hall–Kier alpha value is -3.55. The van der Waals surface area contributed by atoms with E-state index >= 15 is 0 Å². The van der Waals surface area contributed by atoms with Gasteiger partial charge in [0, 0.05) is 17.8 Å². The van der Waals surface area contributed by atoms with E-state index in [1.165, 1.54) is 26.0 Å². The molecule has 0 radical (unpaired) electrons. The summed E-state index contributed by atoms with van der Waals surface area (Å²) in [4.78, 5) is 36.0. The van der Waals surface area contributed by atoms with Gasteiger partial charge in [-0.05, 0) is 37.6 Å². The van der Waals surface area contributed by atoms with Crippen LogP contribution in [-0.4, -0.2) is 29.9 Å². The van der Waals surface area contributed by atoms with Crippen molar-refractivity contribution in [2.75, 3.05) is 5.32 Å². The zero-order valence-electron chi connectivity index (χ0n) is 15.8. The zero-order valence-corrected chi connectivity index (χ0v) is 15.8. The van der Waals surface area contributed by atoms with Crippen molar-refractivity contribution in [1.29, 1.82) is 0 Å². The number of hydrogen-bond donors (Lipinski definition) is 2. The summed E-state index contributed by atoms with van der Waals surface area (Å²) in [5.74, 6) is -4.22. The highest BCUT2D eigenvalue weighted by atomic mass is 19.2. The molecule has 6 nitrogen and oxygen atoms in total. The molecule has 0 aromatic heterocycles. The van der Waals surface area contributed by atoms with Gasteiger partial charge in [-0.2, -0.15) is 0 Å². The van der Waals surface area contributed by atoms with E-state index in [-0.39, 0.29) is 5.69 Å². The first-order valence-corrected chi connectivity index (χ1v) is 8.76. The van der Waals surface area contributed by atoms with E-state index < -0.39 is 41.6 Å². The van der Waals surface area contributed by atoms with Crippen molar-refractivity contribution in [3.8, 4) is 0 Å². The summed E-state index contributed by atoms with van der Waals surface area (Å²) in [6, 6.07) is 11.0. The molecular weight excluding hydrogens is 382 g/mol. The Morgan fingerprint density at radius 1 is 1.00 bits per heavy atom. The second-order valence-electron chi connectivity index (χ2n) is 6.17. The van der Waals surface area contributed by atoms with E-state index in [9.17, 15) is 23.2 Å². The number of carbonyl (C=O) groups excluding carboxylic acids is 3. The van der Waals surface area contributed by atoms with Crippen LogP contribution in [0.15, 0.2) is 54.6 Å². The maximum atomic E-state index is 13.2. The average Bonchev–Trinajstić information content (AvgIpc) is 2.69. The van der Waals surface area contributed by atoms with Crippen LogP contribution in [-0.2, 0) is 19.1 Å². The molecule has 152 valence electrons. The van der Waals surface area contributed by atoms with Crippen LogP contribution in [0.4, 0.5) is 14.5 Å². The van der Waals surface area contributed by atoms with Gasteiger partial charge >= 0.3 is 5.97 Å². The van der Waals surface area contributed by atoms with Gasteiger partial charge in [-0.1, -0.05) is 30.3 Å². The standard InChI is InChI=1S/C21H20F2N2O4/c1-13(24-19(26)11-8-15-6-4-3-5-7-15)21(28)29-14(2)20(27)25-16-9-10-17(22)18(23)12-16/h3-14H,1-2H3,(H,24,26)(H,25,27)/b11-8+/t13-,14+/m0/s1. The number of benzene rings is 2. The lowest BCUT2D eigenvalue weighted by Crippen LogP contribution is -2.41. The summed E-state index contributed by atoms with van der Waals surface area (Å²) in [6.45, 7) is 2.73. The monoisotopic (exact) mass is 402 g/mol. The summed E-state index contributed by atoms with van der Waals surface area (Å²) in [6.07, 6.45) is 1.65. The Morgan fingerprint density at radius 3 is 2.34 bits per heavy atom. The Bertz CT molecular complexity index is 916. The number of ether oxygens (including phenoxy) is 1. The first kappa shape index (κ1) is 21.7. The third kappa shape index (κ3) is 6.84. The Balaban J connectivity index is 1.84. The highest BCUT2D eigenvalue weighted by Crippen LogP contribution is 2.13. The van der Waals surface area contributed by atoms with Gasteiger partial charge in [0.25, 0.3) is 5.91 Å². The molecule has 0 aliphatic heterocycles. The predicted molar refractivity (Wildman–Crippen MR) is 104 cm³/mol. The summed E-state index contributed by atoms with van der Waals surface area (Å²) in [7, 11) is 0. The van der Waals surface area contributed by atoms with Crippen LogP contribution < -0.4 is 10.6 Å². The maximum Gasteiger partial charge on any atom is 0.329 e. The van der Waals surface area contributed by atoms with Crippen LogP contribution in [0, 0.1) is 11.6 Å². The van der Waals surface area contributed by atoms with E-state index in [1.54, 1.807) is 6.08 Å². The molecule has 8 heteroatoms. The van der Waals surface area contributed by atoms with Crippen LogP contribution in [0.25, 0.3) is 6.08 Å². The van der Waals surface area contributed by atoms with Gasteiger partial charge in [0.1, 0.15) is 6.04 Å². The van der Waals surface area contributed by atoms with E-state index in [2.05, 4.69) is 10.6 Å². The SMILES string of the molecule is C[C@H](NC(=O)/C=C/c1ccccc1)C(=O)O[C@H](C)C(=O)Nc1ccc(F)c(F)c1. The Kier molecular flexibility index (Phi) is 7.59. The fraction of sp³-hybridized carbons (Fsp3) is 0.190. The fourth-order valence-corrected chi connectivity index (χ4v) is 2.20. The molecule has 2 N–H and O–H groups in total. The number of carbonyl (C=O) groups is 3. The van der Waals surface area contributed by atoms with Crippen molar-refractivity contribution in [3.63, 3.8) is 0 Å². The highest BCUT2D eigenvalue weighted by molar-refractivity contribution is 5.97. The summed E-state index contributed by atoms with van der Waals surface area (Å²) >= 11 is 0. The second-order valence-corrected chi connectivity index (χ2v) is 6.17. The molecule has 2 atom stereocenters. The molecule has 0 saturated carbocycles. The molecule has 2 aromatic carbocycles. The molecule has 0 unspecified atom stereocenters. The van der Waals surface area contributed by atoms with Crippen molar-refractivity contribution in [2.24, 2.45) is 0 Å².